The molecule has 19 heavy (non-hydrogen) atoms. The summed E-state index contributed by atoms with van der Waals surface area (Å²) in [5.74, 6) is 0. The Labute approximate surface area is 118 Å². The number of hydrogen-bond acceptors (Lipinski definition) is 2. The fraction of sp³-hybridized carbons (Fsp3) is 0.500. The van der Waals surface area contributed by atoms with Gasteiger partial charge in [0.15, 0.2) is 0 Å². The van der Waals surface area contributed by atoms with E-state index in [1.165, 1.54) is 11.6 Å². The van der Waals surface area contributed by atoms with Crippen LogP contribution in [0.25, 0.3) is 0 Å². The molecule has 0 unspecified atom stereocenters. The third kappa shape index (κ3) is 6.71. The molecule has 0 aliphatic heterocycles. The lowest BCUT2D eigenvalue weighted by Gasteiger charge is -2.20. The van der Waals surface area contributed by atoms with E-state index in [2.05, 4.69) is 31.5 Å². The minimum Gasteiger partial charge on any atom is -0.394 e. The van der Waals surface area contributed by atoms with Gasteiger partial charge in [0.2, 0.25) is 0 Å². The molecule has 0 saturated carbocycles. The Morgan fingerprint density at radius 3 is 2.42 bits per heavy atom. The fourth-order valence-electron chi connectivity index (χ4n) is 2.23. The van der Waals surface area contributed by atoms with Gasteiger partial charge in [0.25, 0.3) is 0 Å². The first-order valence-electron chi connectivity index (χ1n) is 6.98. The van der Waals surface area contributed by atoms with Crippen LogP contribution in [0, 0.1) is 0 Å². The van der Waals surface area contributed by atoms with E-state index in [-0.39, 0.29) is 12.6 Å². The molecular weight excluding hydrogens is 250 g/mol. The second kappa shape index (κ2) is 7.63. The van der Waals surface area contributed by atoms with E-state index in [0.717, 1.165) is 18.5 Å². The van der Waals surface area contributed by atoms with Crippen LogP contribution in [0.15, 0.2) is 42.5 Å². The molecule has 2 N–H and O–H groups in total. The highest BCUT2D eigenvalue weighted by atomic mass is 28.3. The molecule has 1 aromatic rings. The van der Waals surface area contributed by atoms with Gasteiger partial charge in [0.05, 0.1) is 12.6 Å². The van der Waals surface area contributed by atoms with Crippen molar-refractivity contribution in [2.45, 2.75) is 38.1 Å². The summed E-state index contributed by atoms with van der Waals surface area (Å²) in [6, 6.07) is 11.3. The van der Waals surface area contributed by atoms with E-state index in [9.17, 15) is 5.11 Å². The zero-order valence-corrected chi connectivity index (χ0v) is 13.4. The molecule has 0 bridgehead atoms. The first-order chi connectivity index (χ1) is 8.92. The highest BCUT2D eigenvalue weighted by Crippen LogP contribution is 2.17. The molecule has 0 radical (unpaired) electrons. The molecule has 0 heterocycles. The van der Waals surface area contributed by atoms with Gasteiger partial charge in [-0.25, -0.2) is 0 Å². The van der Waals surface area contributed by atoms with E-state index in [4.69, 9.17) is 0 Å². The van der Waals surface area contributed by atoms with Crippen LogP contribution in [0.5, 0.6) is 0 Å². The summed E-state index contributed by atoms with van der Waals surface area (Å²) < 4.78 is 0. The summed E-state index contributed by atoms with van der Waals surface area (Å²) in [5.41, 5.74) is 2.47. The zero-order valence-electron chi connectivity index (χ0n) is 12.4. The normalized spacial score (nSPS) is 13.3. The minimum atomic E-state index is -1.05. The lowest BCUT2D eigenvalue weighted by Crippen LogP contribution is -2.26. The maximum Gasteiger partial charge on any atom is 0.0626 e. The Kier molecular flexibility index (Phi) is 6.49. The van der Waals surface area contributed by atoms with Crippen LogP contribution in [0.3, 0.4) is 0 Å². The van der Waals surface area contributed by atoms with Crippen molar-refractivity contribution in [2.24, 2.45) is 0 Å². The summed E-state index contributed by atoms with van der Waals surface area (Å²) in [6.45, 7) is 12.3. The number of aliphatic hydroxyl groups excluding tert-OH is 1. The Bertz CT molecular complexity index is 383. The quantitative estimate of drug-likeness (QED) is 0.562. The predicted octanol–water partition coefficient (Wildman–Crippen LogP) is 3.59. The molecule has 0 saturated heterocycles. The van der Waals surface area contributed by atoms with Crippen LogP contribution in [0.4, 0.5) is 0 Å². The number of nitrogens with one attached hydrogen (secondary N) is 1. The van der Waals surface area contributed by atoms with E-state index >= 15 is 0 Å². The Hall–Kier alpha value is -0.903. The number of benzene rings is 1. The van der Waals surface area contributed by atoms with Crippen LogP contribution >= 0.6 is 0 Å². The molecule has 3 heteroatoms. The average Bonchev–Trinajstić information content (AvgIpc) is 2.33. The monoisotopic (exact) mass is 277 g/mol. The topological polar surface area (TPSA) is 32.3 Å². The highest BCUT2D eigenvalue weighted by molar-refractivity contribution is 6.76. The molecule has 1 rings (SSSR count). The SMILES string of the molecule is C=C(CCN[C@H](CO)c1ccccc1)C[Si](C)(C)C. The van der Waals surface area contributed by atoms with Crippen LogP contribution in [0.1, 0.15) is 18.0 Å². The van der Waals surface area contributed by atoms with Gasteiger partial charge in [-0.15, -0.1) is 6.58 Å². The first kappa shape index (κ1) is 16.2. The number of aliphatic hydroxyl groups is 1. The van der Waals surface area contributed by atoms with Crippen LogP contribution in [0.2, 0.25) is 25.7 Å². The number of rotatable bonds is 8. The van der Waals surface area contributed by atoms with Gasteiger partial charge in [-0.3, -0.25) is 0 Å². The fourth-order valence-corrected chi connectivity index (χ4v) is 3.91. The van der Waals surface area contributed by atoms with Crippen LogP contribution in [-0.4, -0.2) is 26.3 Å². The van der Waals surface area contributed by atoms with Crippen molar-refractivity contribution in [3.8, 4) is 0 Å². The molecule has 1 aromatic carbocycles. The molecule has 0 spiro atoms. The maximum absolute atomic E-state index is 9.45. The van der Waals surface area contributed by atoms with Gasteiger partial charge in [0, 0.05) is 8.07 Å². The van der Waals surface area contributed by atoms with Gasteiger partial charge < -0.3 is 10.4 Å². The minimum absolute atomic E-state index is 0.0286. The second-order valence-electron chi connectivity index (χ2n) is 6.34. The molecule has 106 valence electrons. The molecule has 0 amide bonds. The van der Waals surface area contributed by atoms with Crippen molar-refractivity contribution in [3.63, 3.8) is 0 Å². The molecule has 0 aliphatic rings. The highest BCUT2D eigenvalue weighted by Gasteiger charge is 2.14. The lowest BCUT2D eigenvalue weighted by atomic mass is 10.1. The summed E-state index contributed by atoms with van der Waals surface area (Å²) in [6.07, 6.45) is 0.994. The van der Waals surface area contributed by atoms with Crippen molar-refractivity contribution >= 4 is 8.07 Å². The van der Waals surface area contributed by atoms with Crippen LogP contribution < -0.4 is 5.32 Å². The molecule has 0 fully saturated rings. The first-order valence-corrected chi connectivity index (χ1v) is 10.7. The molecule has 0 aromatic heterocycles. The van der Waals surface area contributed by atoms with Crippen molar-refractivity contribution in [3.05, 3.63) is 48.0 Å². The molecular formula is C16H27NOSi. The molecule has 0 aliphatic carbocycles. The van der Waals surface area contributed by atoms with Gasteiger partial charge in [-0.2, -0.15) is 0 Å². The third-order valence-electron chi connectivity index (χ3n) is 3.03. The van der Waals surface area contributed by atoms with Gasteiger partial charge in [0.1, 0.15) is 0 Å². The average molecular weight is 277 g/mol. The Balaban J connectivity index is 2.37. The predicted molar refractivity (Wildman–Crippen MR) is 86.2 cm³/mol. The molecule has 1 atom stereocenters. The maximum atomic E-state index is 9.45. The van der Waals surface area contributed by atoms with E-state index in [1.54, 1.807) is 0 Å². The van der Waals surface area contributed by atoms with E-state index < -0.39 is 8.07 Å². The number of hydrogen-bond donors (Lipinski definition) is 2. The Morgan fingerprint density at radius 2 is 1.89 bits per heavy atom. The van der Waals surface area contributed by atoms with Crippen molar-refractivity contribution in [1.29, 1.82) is 0 Å². The summed E-state index contributed by atoms with van der Waals surface area (Å²) in [4.78, 5) is 0. The van der Waals surface area contributed by atoms with Gasteiger partial charge >= 0.3 is 0 Å². The van der Waals surface area contributed by atoms with Crippen LogP contribution in [-0.2, 0) is 0 Å². The second-order valence-corrected chi connectivity index (χ2v) is 11.8. The smallest absolute Gasteiger partial charge is 0.0626 e. The third-order valence-corrected chi connectivity index (χ3v) is 4.59. The Morgan fingerprint density at radius 1 is 1.26 bits per heavy atom. The van der Waals surface area contributed by atoms with Crippen molar-refractivity contribution in [1.82, 2.24) is 5.32 Å². The van der Waals surface area contributed by atoms with Crippen molar-refractivity contribution in [2.75, 3.05) is 13.2 Å². The summed E-state index contributed by atoms with van der Waals surface area (Å²) >= 11 is 0. The van der Waals surface area contributed by atoms with E-state index in [0.29, 0.717) is 0 Å². The van der Waals surface area contributed by atoms with Gasteiger partial charge in [-0.05, 0) is 24.6 Å². The van der Waals surface area contributed by atoms with Gasteiger partial charge in [-0.1, -0.05) is 55.5 Å². The standard InChI is InChI=1S/C16H27NOSi/c1-14(13-19(2,3)4)10-11-17-16(12-18)15-8-6-5-7-9-15/h5-9,16-18H,1,10-13H2,2-4H3/t16-/m1/s1. The molecule has 2 nitrogen and oxygen atoms in total. The zero-order chi connectivity index (χ0) is 14.3. The lowest BCUT2D eigenvalue weighted by molar-refractivity contribution is 0.245. The largest absolute Gasteiger partial charge is 0.394 e. The summed E-state index contributed by atoms with van der Waals surface area (Å²) in [7, 11) is -1.05. The van der Waals surface area contributed by atoms with E-state index in [1.807, 2.05) is 30.3 Å². The van der Waals surface area contributed by atoms with Crippen molar-refractivity contribution < 1.29 is 5.11 Å². The summed E-state index contributed by atoms with van der Waals surface area (Å²) in [5, 5.41) is 12.9.